The van der Waals surface area contributed by atoms with Gasteiger partial charge >= 0.3 is 0 Å². The smallest absolute Gasteiger partial charge is 0.258 e. The quantitative estimate of drug-likeness (QED) is 0.591. The summed E-state index contributed by atoms with van der Waals surface area (Å²) in [7, 11) is 0. The third-order valence-electron chi connectivity index (χ3n) is 3.76. The molecule has 0 aliphatic heterocycles. The first-order valence-electron chi connectivity index (χ1n) is 7.53. The monoisotopic (exact) mass is 351 g/mol. The molecule has 8 heteroatoms. The first-order valence-corrected chi connectivity index (χ1v) is 8.41. The summed E-state index contributed by atoms with van der Waals surface area (Å²) in [5.74, 6) is -0.309. The maximum atomic E-state index is 12.5. The van der Waals surface area contributed by atoms with Crippen LogP contribution in [0.4, 0.5) is 5.69 Å². The summed E-state index contributed by atoms with van der Waals surface area (Å²) in [4.78, 5) is 29.0. The van der Waals surface area contributed by atoms with Gasteiger partial charge in [0.05, 0.1) is 11.9 Å². The van der Waals surface area contributed by atoms with Crippen LogP contribution in [0.25, 0.3) is 21.5 Å². The number of aromatic amines is 1. The van der Waals surface area contributed by atoms with E-state index in [4.69, 9.17) is 0 Å². The molecule has 0 spiro atoms. The van der Waals surface area contributed by atoms with Crippen molar-refractivity contribution in [3.8, 4) is 10.7 Å². The Morgan fingerprint density at radius 2 is 2.16 bits per heavy atom. The summed E-state index contributed by atoms with van der Waals surface area (Å²) >= 11 is 1.44. The van der Waals surface area contributed by atoms with E-state index in [1.54, 1.807) is 24.5 Å². The van der Waals surface area contributed by atoms with Crippen molar-refractivity contribution in [1.29, 1.82) is 0 Å². The predicted octanol–water partition coefficient (Wildman–Crippen LogP) is 2.49. The van der Waals surface area contributed by atoms with Gasteiger partial charge in [0.25, 0.3) is 5.56 Å². The van der Waals surface area contributed by atoms with Gasteiger partial charge in [-0.05, 0) is 17.5 Å². The van der Waals surface area contributed by atoms with Crippen molar-refractivity contribution in [2.75, 3.05) is 5.32 Å². The Hall–Kier alpha value is -3.26. The fraction of sp³-hybridized carbons (Fsp3) is 0.0588. The van der Waals surface area contributed by atoms with Crippen molar-refractivity contribution in [3.63, 3.8) is 0 Å². The van der Waals surface area contributed by atoms with Crippen molar-refractivity contribution in [3.05, 3.63) is 64.7 Å². The number of nitrogens with zero attached hydrogens (tertiary/aromatic N) is 3. The molecule has 0 radical (unpaired) electrons. The minimum atomic E-state index is -0.309. The molecule has 0 saturated carbocycles. The van der Waals surface area contributed by atoms with Gasteiger partial charge in [0, 0.05) is 23.2 Å². The van der Waals surface area contributed by atoms with Crippen LogP contribution in [0.3, 0.4) is 0 Å². The Kier molecular flexibility index (Phi) is 3.87. The number of thiazole rings is 1. The highest BCUT2D eigenvalue weighted by Gasteiger charge is 2.13. The van der Waals surface area contributed by atoms with Gasteiger partial charge in [-0.15, -0.1) is 11.3 Å². The van der Waals surface area contributed by atoms with E-state index in [0.29, 0.717) is 16.8 Å². The van der Waals surface area contributed by atoms with Crippen LogP contribution in [-0.2, 0) is 11.3 Å². The van der Waals surface area contributed by atoms with Crippen LogP contribution in [0.2, 0.25) is 0 Å². The van der Waals surface area contributed by atoms with E-state index < -0.39 is 0 Å². The lowest BCUT2D eigenvalue weighted by Gasteiger charge is -2.08. The largest absolute Gasteiger partial charge is 0.321 e. The summed E-state index contributed by atoms with van der Waals surface area (Å²) in [5, 5.41) is 13.6. The lowest BCUT2D eigenvalue weighted by Crippen LogP contribution is -2.27. The number of H-pyrrole nitrogens is 1. The third-order valence-corrected chi connectivity index (χ3v) is 4.55. The van der Waals surface area contributed by atoms with Crippen LogP contribution in [-0.4, -0.2) is 25.7 Å². The molecular formula is C17H13N5O2S. The standard InChI is InChI=1S/C17H13N5O2S/c23-14(20-13-9-19-21-15(13)16-18-6-8-25-16)10-22-7-5-11-3-1-2-4-12(11)17(22)24/h1-9H,10H2,(H,19,21)(H,20,23). The average molecular weight is 351 g/mol. The Morgan fingerprint density at radius 3 is 3.00 bits per heavy atom. The number of carbonyl (C=O) groups excluding carboxylic acids is 1. The summed E-state index contributed by atoms with van der Waals surface area (Å²) in [5.41, 5.74) is 0.989. The Labute approximate surface area is 146 Å². The van der Waals surface area contributed by atoms with Crippen molar-refractivity contribution in [1.82, 2.24) is 19.7 Å². The molecule has 0 atom stereocenters. The molecule has 2 N–H and O–H groups in total. The number of nitrogens with one attached hydrogen (secondary N) is 2. The molecule has 0 saturated heterocycles. The molecule has 0 bridgehead atoms. The van der Waals surface area contributed by atoms with Crippen LogP contribution in [0.5, 0.6) is 0 Å². The molecule has 25 heavy (non-hydrogen) atoms. The van der Waals surface area contributed by atoms with Gasteiger partial charge in [0.1, 0.15) is 17.2 Å². The van der Waals surface area contributed by atoms with Crippen molar-refractivity contribution in [2.24, 2.45) is 0 Å². The number of aromatic nitrogens is 4. The number of fused-ring (bicyclic) bond motifs is 1. The molecule has 124 valence electrons. The molecule has 1 amide bonds. The molecule has 4 aromatic rings. The SMILES string of the molecule is O=C(Cn1ccc2ccccc2c1=O)Nc1cn[nH]c1-c1nccs1. The maximum Gasteiger partial charge on any atom is 0.258 e. The number of amides is 1. The van der Waals surface area contributed by atoms with E-state index in [-0.39, 0.29) is 18.0 Å². The number of carbonyl (C=O) groups is 1. The molecule has 0 fully saturated rings. The zero-order valence-electron chi connectivity index (χ0n) is 13.0. The Bertz CT molecular complexity index is 1100. The number of hydrogen-bond acceptors (Lipinski definition) is 5. The zero-order valence-corrected chi connectivity index (χ0v) is 13.8. The average Bonchev–Trinajstić information content (AvgIpc) is 3.29. The van der Waals surface area contributed by atoms with Crippen LogP contribution < -0.4 is 10.9 Å². The fourth-order valence-corrected chi connectivity index (χ4v) is 3.24. The van der Waals surface area contributed by atoms with Crippen molar-refractivity contribution >= 4 is 33.7 Å². The van der Waals surface area contributed by atoms with E-state index in [1.807, 2.05) is 23.6 Å². The van der Waals surface area contributed by atoms with Crippen LogP contribution in [0, 0.1) is 0 Å². The van der Waals surface area contributed by atoms with E-state index in [2.05, 4.69) is 20.5 Å². The fourth-order valence-electron chi connectivity index (χ4n) is 2.59. The number of rotatable bonds is 4. The molecule has 0 aliphatic carbocycles. The maximum absolute atomic E-state index is 12.5. The van der Waals surface area contributed by atoms with Gasteiger partial charge in [0.2, 0.25) is 5.91 Å². The zero-order chi connectivity index (χ0) is 17.2. The molecule has 0 unspecified atom stereocenters. The Balaban J connectivity index is 1.57. The Morgan fingerprint density at radius 1 is 1.28 bits per heavy atom. The second-order valence-electron chi connectivity index (χ2n) is 5.38. The summed E-state index contributed by atoms with van der Waals surface area (Å²) in [6, 6.07) is 9.12. The van der Waals surface area contributed by atoms with E-state index >= 15 is 0 Å². The minimum absolute atomic E-state index is 0.0772. The highest BCUT2D eigenvalue weighted by Crippen LogP contribution is 2.26. The number of hydrogen-bond donors (Lipinski definition) is 2. The topological polar surface area (TPSA) is 92.7 Å². The van der Waals surface area contributed by atoms with E-state index in [9.17, 15) is 9.59 Å². The summed E-state index contributed by atoms with van der Waals surface area (Å²) < 4.78 is 1.39. The predicted molar refractivity (Wildman–Crippen MR) is 96.5 cm³/mol. The van der Waals surface area contributed by atoms with Gasteiger partial charge in [-0.25, -0.2) is 4.98 Å². The second-order valence-corrected chi connectivity index (χ2v) is 6.27. The van der Waals surface area contributed by atoms with Crippen molar-refractivity contribution in [2.45, 2.75) is 6.54 Å². The van der Waals surface area contributed by atoms with Gasteiger partial charge in [0.15, 0.2) is 0 Å². The van der Waals surface area contributed by atoms with Crippen LogP contribution in [0.1, 0.15) is 0 Å². The minimum Gasteiger partial charge on any atom is -0.321 e. The summed E-state index contributed by atoms with van der Waals surface area (Å²) in [6.07, 6.45) is 4.83. The van der Waals surface area contributed by atoms with Crippen LogP contribution >= 0.6 is 11.3 Å². The first kappa shape index (κ1) is 15.3. The summed E-state index contributed by atoms with van der Waals surface area (Å²) in [6.45, 7) is -0.0772. The molecule has 7 nitrogen and oxygen atoms in total. The number of pyridine rings is 1. The first-order chi connectivity index (χ1) is 12.2. The second kappa shape index (κ2) is 6.33. The molecule has 0 aliphatic rings. The normalized spacial score (nSPS) is 10.9. The van der Waals surface area contributed by atoms with Crippen molar-refractivity contribution < 1.29 is 4.79 Å². The highest BCUT2D eigenvalue weighted by atomic mass is 32.1. The molecule has 4 rings (SSSR count). The molecule has 3 aromatic heterocycles. The number of anilines is 1. The van der Waals surface area contributed by atoms with Crippen LogP contribution in [0.15, 0.2) is 59.1 Å². The lowest BCUT2D eigenvalue weighted by atomic mass is 10.2. The molecule has 3 heterocycles. The number of benzene rings is 1. The van der Waals surface area contributed by atoms with Gasteiger partial charge in [-0.1, -0.05) is 18.2 Å². The highest BCUT2D eigenvalue weighted by molar-refractivity contribution is 7.13. The van der Waals surface area contributed by atoms with Gasteiger partial charge in [-0.2, -0.15) is 5.10 Å². The molecular weight excluding hydrogens is 338 g/mol. The molecule has 1 aromatic carbocycles. The lowest BCUT2D eigenvalue weighted by molar-refractivity contribution is -0.116. The van der Waals surface area contributed by atoms with E-state index in [1.165, 1.54) is 22.1 Å². The van der Waals surface area contributed by atoms with Gasteiger partial charge in [-0.3, -0.25) is 14.7 Å². The van der Waals surface area contributed by atoms with E-state index in [0.717, 1.165) is 10.4 Å². The van der Waals surface area contributed by atoms with Gasteiger partial charge < -0.3 is 9.88 Å². The third kappa shape index (κ3) is 2.94.